The van der Waals surface area contributed by atoms with Gasteiger partial charge in [-0.15, -0.1) is 24.0 Å². The Morgan fingerprint density at radius 3 is 2.78 bits per heavy atom. The van der Waals surface area contributed by atoms with E-state index >= 15 is 0 Å². The Bertz CT molecular complexity index is 276. The van der Waals surface area contributed by atoms with Crippen LogP contribution in [0.25, 0.3) is 0 Å². The predicted octanol–water partition coefficient (Wildman–Crippen LogP) is 0.721. The molecule has 1 saturated carbocycles. The Balaban J connectivity index is 0.00000162. The summed E-state index contributed by atoms with van der Waals surface area (Å²) in [5.74, 6) is 0.872. The fourth-order valence-electron chi connectivity index (χ4n) is 2.20. The number of aliphatic hydroxyl groups excluding tert-OH is 1. The maximum Gasteiger partial charge on any atom is 0.191 e. The van der Waals surface area contributed by atoms with E-state index in [9.17, 15) is 0 Å². The summed E-state index contributed by atoms with van der Waals surface area (Å²) >= 11 is 0. The molecule has 6 heteroatoms. The molecule has 0 aromatic heterocycles. The number of rotatable bonds is 5. The second kappa shape index (κ2) is 7.49. The molecule has 0 aromatic rings. The van der Waals surface area contributed by atoms with Crippen LogP contribution in [0.15, 0.2) is 4.99 Å². The van der Waals surface area contributed by atoms with Gasteiger partial charge in [-0.1, -0.05) is 0 Å². The number of nitrogens with one attached hydrogen (secondary N) is 2. The van der Waals surface area contributed by atoms with Crippen LogP contribution in [0.1, 0.15) is 25.7 Å². The van der Waals surface area contributed by atoms with Gasteiger partial charge in [-0.25, -0.2) is 0 Å². The van der Waals surface area contributed by atoms with Gasteiger partial charge in [0.1, 0.15) is 0 Å². The molecule has 1 saturated heterocycles. The van der Waals surface area contributed by atoms with Gasteiger partial charge in [-0.2, -0.15) is 0 Å². The molecule has 106 valence electrons. The molecule has 0 spiro atoms. The third-order valence-corrected chi connectivity index (χ3v) is 3.60. The van der Waals surface area contributed by atoms with Gasteiger partial charge in [0.15, 0.2) is 5.96 Å². The molecule has 0 amide bonds. The number of hydrogen-bond donors (Lipinski definition) is 3. The summed E-state index contributed by atoms with van der Waals surface area (Å²) in [6.45, 7) is 2.58. The molecule has 1 unspecified atom stereocenters. The van der Waals surface area contributed by atoms with Crippen LogP contribution in [0.5, 0.6) is 0 Å². The van der Waals surface area contributed by atoms with Gasteiger partial charge in [0.25, 0.3) is 0 Å². The number of halogens is 1. The van der Waals surface area contributed by atoms with Crippen molar-refractivity contribution in [2.24, 2.45) is 10.4 Å². The first-order valence-electron chi connectivity index (χ1n) is 6.44. The average molecular weight is 369 g/mol. The zero-order valence-electron chi connectivity index (χ0n) is 10.9. The lowest BCUT2D eigenvalue weighted by atomic mass is 9.84. The van der Waals surface area contributed by atoms with Crippen molar-refractivity contribution in [2.75, 3.05) is 33.4 Å². The molecule has 1 atom stereocenters. The van der Waals surface area contributed by atoms with Crippen LogP contribution in [0.4, 0.5) is 0 Å². The third kappa shape index (κ3) is 4.55. The zero-order valence-corrected chi connectivity index (χ0v) is 13.3. The second-order valence-electron chi connectivity index (χ2n) is 5.12. The molecule has 18 heavy (non-hydrogen) atoms. The summed E-state index contributed by atoms with van der Waals surface area (Å²) in [6, 6.07) is 0.606. The number of nitrogens with zero attached hydrogens (tertiary/aromatic N) is 1. The van der Waals surface area contributed by atoms with Crippen molar-refractivity contribution in [1.82, 2.24) is 10.6 Å². The standard InChI is InChI=1S/C12H23N3O2.HI/c1-13-11(15-10-2-3-10)14-8-12(4-6-16)5-7-17-9-12;/h10,16H,2-9H2,1H3,(H2,13,14,15);1H. The van der Waals surface area contributed by atoms with Crippen molar-refractivity contribution in [2.45, 2.75) is 31.7 Å². The van der Waals surface area contributed by atoms with Crippen LogP contribution >= 0.6 is 24.0 Å². The average Bonchev–Trinajstić information content (AvgIpc) is 3.04. The first-order chi connectivity index (χ1) is 8.28. The van der Waals surface area contributed by atoms with Gasteiger partial charge in [-0.05, 0) is 25.7 Å². The highest BCUT2D eigenvalue weighted by Gasteiger charge is 2.34. The molecular formula is C12H24IN3O2. The summed E-state index contributed by atoms with van der Waals surface area (Å²) in [5, 5.41) is 15.9. The van der Waals surface area contributed by atoms with E-state index in [-0.39, 0.29) is 36.0 Å². The van der Waals surface area contributed by atoms with Crippen LogP contribution in [0.2, 0.25) is 0 Å². The van der Waals surface area contributed by atoms with Gasteiger partial charge >= 0.3 is 0 Å². The van der Waals surface area contributed by atoms with Gasteiger partial charge in [0.2, 0.25) is 0 Å². The normalized spacial score (nSPS) is 27.8. The van der Waals surface area contributed by atoms with Crippen molar-refractivity contribution in [3.63, 3.8) is 0 Å². The molecule has 5 nitrogen and oxygen atoms in total. The first kappa shape index (κ1) is 16.0. The molecule has 2 aliphatic rings. The van der Waals surface area contributed by atoms with Crippen molar-refractivity contribution in [1.29, 1.82) is 0 Å². The Labute approximate surface area is 126 Å². The van der Waals surface area contributed by atoms with Gasteiger partial charge < -0.3 is 20.5 Å². The zero-order chi connectivity index (χ0) is 12.1. The molecule has 0 radical (unpaired) electrons. The fraction of sp³-hybridized carbons (Fsp3) is 0.917. The molecule has 2 rings (SSSR count). The highest BCUT2D eigenvalue weighted by Crippen LogP contribution is 2.31. The molecule has 1 aliphatic carbocycles. The molecule has 2 fully saturated rings. The lowest BCUT2D eigenvalue weighted by Gasteiger charge is -2.27. The van der Waals surface area contributed by atoms with E-state index in [1.165, 1.54) is 12.8 Å². The minimum atomic E-state index is 0. The van der Waals surface area contributed by atoms with E-state index < -0.39 is 0 Å². The first-order valence-corrected chi connectivity index (χ1v) is 6.44. The molecule has 0 bridgehead atoms. The Hall–Kier alpha value is -0.0800. The molecular weight excluding hydrogens is 345 g/mol. The summed E-state index contributed by atoms with van der Waals surface area (Å²) in [5.41, 5.74) is 0.0793. The Morgan fingerprint density at radius 1 is 1.50 bits per heavy atom. The van der Waals surface area contributed by atoms with Gasteiger partial charge in [0, 0.05) is 38.3 Å². The summed E-state index contributed by atoms with van der Waals surface area (Å²) < 4.78 is 5.46. The van der Waals surface area contributed by atoms with E-state index in [0.717, 1.165) is 38.6 Å². The highest BCUT2D eigenvalue weighted by molar-refractivity contribution is 14.0. The fourth-order valence-corrected chi connectivity index (χ4v) is 2.20. The third-order valence-electron chi connectivity index (χ3n) is 3.60. The number of guanidine groups is 1. The molecule has 1 heterocycles. The van der Waals surface area contributed by atoms with Crippen LogP contribution in [-0.4, -0.2) is 50.5 Å². The Kier molecular flexibility index (Phi) is 6.65. The lowest BCUT2D eigenvalue weighted by Crippen LogP contribution is -2.45. The van der Waals surface area contributed by atoms with E-state index in [2.05, 4.69) is 15.6 Å². The number of aliphatic imine (C=N–C) groups is 1. The van der Waals surface area contributed by atoms with Crippen molar-refractivity contribution in [3.05, 3.63) is 0 Å². The summed E-state index contributed by atoms with van der Waals surface area (Å²) in [6.07, 6.45) is 4.29. The second-order valence-corrected chi connectivity index (χ2v) is 5.12. The quantitative estimate of drug-likeness (QED) is 0.380. The highest BCUT2D eigenvalue weighted by atomic mass is 127. The molecule has 1 aliphatic heterocycles. The SMILES string of the molecule is CN=C(NCC1(CCO)CCOC1)NC1CC1.I. The van der Waals surface area contributed by atoms with Gasteiger partial charge in [0.05, 0.1) is 6.61 Å². The summed E-state index contributed by atoms with van der Waals surface area (Å²) in [4.78, 5) is 4.21. The topological polar surface area (TPSA) is 65.9 Å². The number of ether oxygens (including phenoxy) is 1. The number of hydrogen-bond acceptors (Lipinski definition) is 3. The maximum atomic E-state index is 9.14. The molecule has 0 aromatic carbocycles. The predicted molar refractivity (Wildman–Crippen MR) is 82.5 cm³/mol. The number of aliphatic hydroxyl groups is 1. The van der Waals surface area contributed by atoms with Crippen molar-refractivity contribution in [3.8, 4) is 0 Å². The monoisotopic (exact) mass is 369 g/mol. The van der Waals surface area contributed by atoms with Crippen LogP contribution < -0.4 is 10.6 Å². The molecule has 3 N–H and O–H groups in total. The smallest absolute Gasteiger partial charge is 0.191 e. The lowest BCUT2D eigenvalue weighted by molar-refractivity contribution is 0.127. The largest absolute Gasteiger partial charge is 0.396 e. The van der Waals surface area contributed by atoms with Crippen LogP contribution in [-0.2, 0) is 4.74 Å². The van der Waals surface area contributed by atoms with Crippen molar-refractivity contribution < 1.29 is 9.84 Å². The van der Waals surface area contributed by atoms with Crippen LogP contribution in [0, 0.1) is 5.41 Å². The van der Waals surface area contributed by atoms with E-state index in [1.54, 1.807) is 7.05 Å². The van der Waals surface area contributed by atoms with E-state index in [4.69, 9.17) is 9.84 Å². The maximum absolute atomic E-state index is 9.14. The minimum Gasteiger partial charge on any atom is -0.396 e. The van der Waals surface area contributed by atoms with E-state index in [0.29, 0.717) is 6.04 Å². The summed E-state index contributed by atoms with van der Waals surface area (Å²) in [7, 11) is 1.79. The van der Waals surface area contributed by atoms with E-state index in [1.807, 2.05) is 0 Å². The van der Waals surface area contributed by atoms with Gasteiger partial charge in [-0.3, -0.25) is 4.99 Å². The van der Waals surface area contributed by atoms with Crippen LogP contribution in [0.3, 0.4) is 0 Å². The van der Waals surface area contributed by atoms with Crippen molar-refractivity contribution >= 4 is 29.9 Å². The Morgan fingerprint density at radius 2 is 2.28 bits per heavy atom. The minimum absolute atomic E-state index is 0.